The van der Waals surface area contributed by atoms with Crippen LogP contribution in [0, 0.1) is 16.0 Å². The molecule has 2 N–H and O–H groups in total. The normalized spacial score (nSPS) is 22.3. The summed E-state index contributed by atoms with van der Waals surface area (Å²) in [5, 5.41) is 10.9. The molecule has 0 radical (unpaired) electrons. The summed E-state index contributed by atoms with van der Waals surface area (Å²) in [7, 11) is 0. The number of nitrogens with two attached hydrogens (primary N) is 1. The summed E-state index contributed by atoms with van der Waals surface area (Å²) < 4.78 is 5.64. The molecule has 1 aromatic carbocycles. The number of piperidine rings is 1. The number of ether oxygens (including phenoxy) is 1. The van der Waals surface area contributed by atoms with Crippen molar-refractivity contribution in [3.05, 3.63) is 33.9 Å². The van der Waals surface area contributed by atoms with Crippen LogP contribution in [0.2, 0.25) is 0 Å². The topological polar surface area (TPSA) is 116 Å². The molecule has 0 spiro atoms. The molecule has 1 aliphatic carbocycles. The maximum Gasteiger partial charge on any atom is 0.280 e. The lowest BCUT2D eigenvalue weighted by atomic mass is 9.77. The smallest absolute Gasteiger partial charge is 0.280 e. The number of fused-ring (bicyclic) bond motifs is 1. The molecule has 1 saturated carbocycles. The molecule has 1 heterocycles. The number of amides is 1. The molecule has 1 saturated heterocycles. The van der Waals surface area contributed by atoms with Crippen LogP contribution in [0.5, 0.6) is 5.75 Å². The molecule has 1 amide bonds. The van der Waals surface area contributed by atoms with E-state index in [-0.39, 0.29) is 23.2 Å². The number of nitro benzene ring substituents is 1. The molecule has 170 valence electrons. The van der Waals surface area contributed by atoms with Crippen LogP contribution in [0.1, 0.15) is 74.6 Å². The Morgan fingerprint density at radius 1 is 1.23 bits per heavy atom. The van der Waals surface area contributed by atoms with Crippen LogP contribution >= 0.6 is 0 Å². The molecule has 0 bridgehead atoms. The van der Waals surface area contributed by atoms with Crippen molar-refractivity contribution in [1.82, 2.24) is 4.90 Å². The number of aldehydes is 1. The maximum absolute atomic E-state index is 12.2. The van der Waals surface area contributed by atoms with Crippen molar-refractivity contribution in [2.75, 3.05) is 13.2 Å². The highest BCUT2D eigenvalue weighted by Crippen LogP contribution is 2.37. The summed E-state index contributed by atoms with van der Waals surface area (Å²) in [6, 6.07) is 4.51. The van der Waals surface area contributed by atoms with E-state index in [1.54, 1.807) is 0 Å². The van der Waals surface area contributed by atoms with Gasteiger partial charge in [-0.25, -0.2) is 0 Å². The standard InChI is InChI=1S/C23H33N3O5/c24-23(28)22(25-13-6-8-17-7-3-4-9-20(17)25)10-2-1-5-14-31-19-11-12-21(26(29)30)18(15-19)16-27/h11-12,15-17,20,22H,1-10,13-14H2,(H2,24,28). The van der Waals surface area contributed by atoms with Crippen LogP contribution in [0.25, 0.3) is 0 Å². The minimum atomic E-state index is -0.583. The molecule has 1 aliphatic heterocycles. The van der Waals surface area contributed by atoms with Gasteiger partial charge in [-0.15, -0.1) is 0 Å². The number of rotatable bonds is 11. The number of carbonyl (C=O) groups excluding carboxylic acids is 2. The van der Waals surface area contributed by atoms with Crippen LogP contribution < -0.4 is 10.5 Å². The fraction of sp³-hybridized carbons (Fsp3) is 0.652. The first-order valence-electron chi connectivity index (χ1n) is 11.4. The molecular weight excluding hydrogens is 398 g/mol. The van der Waals surface area contributed by atoms with Gasteiger partial charge in [-0.05, 0) is 69.5 Å². The Hall–Kier alpha value is -2.48. The molecule has 1 aromatic rings. The van der Waals surface area contributed by atoms with Crippen molar-refractivity contribution in [2.45, 2.75) is 76.3 Å². The Labute approximate surface area is 183 Å². The third kappa shape index (κ3) is 6.03. The molecule has 2 fully saturated rings. The first kappa shape index (κ1) is 23.2. The molecule has 3 rings (SSSR count). The van der Waals surface area contributed by atoms with E-state index < -0.39 is 4.92 Å². The van der Waals surface area contributed by atoms with E-state index in [1.807, 2.05) is 0 Å². The molecule has 0 aromatic heterocycles. The SMILES string of the molecule is NC(=O)C(CCCCCOc1ccc([N+](=O)[O-])c(C=O)c1)N1CCCC2CCCCC21. The summed E-state index contributed by atoms with van der Waals surface area (Å²) in [6.45, 7) is 1.42. The number of nitro groups is 1. The molecule has 3 unspecified atom stereocenters. The zero-order valence-electron chi connectivity index (χ0n) is 18.0. The number of carbonyl (C=O) groups is 2. The molecule has 8 heteroatoms. The van der Waals surface area contributed by atoms with E-state index in [0.717, 1.165) is 44.6 Å². The van der Waals surface area contributed by atoms with Crippen molar-refractivity contribution < 1.29 is 19.2 Å². The van der Waals surface area contributed by atoms with Crippen LogP contribution in [0.3, 0.4) is 0 Å². The van der Waals surface area contributed by atoms with E-state index >= 15 is 0 Å². The lowest BCUT2D eigenvalue weighted by Crippen LogP contribution is -2.55. The number of likely N-dealkylation sites (tertiary alicyclic amines) is 1. The van der Waals surface area contributed by atoms with Gasteiger partial charge >= 0.3 is 0 Å². The van der Waals surface area contributed by atoms with Crippen LogP contribution in [0.15, 0.2) is 18.2 Å². The van der Waals surface area contributed by atoms with Crippen molar-refractivity contribution in [1.29, 1.82) is 0 Å². The summed E-state index contributed by atoms with van der Waals surface area (Å²) in [4.78, 5) is 35.9. The fourth-order valence-electron chi connectivity index (χ4n) is 5.21. The highest BCUT2D eigenvalue weighted by molar-refractivity contribution is 5.82. The Bertz CT molecular complexity index is 782. The van der Waals surface area contributed by atoms with Crippen molar-refractivity contribution in [2.24, 2.45) is 11.7 Å². The number of unbranched alkanes of at least 4 members (excludes halogenated alkanes) is 2. The zero-order chi connectivity index (χ0) is 22.2. The Balaban J connectivity index is 1.43. The van der Waals surface area contributed by atoms with E-state index in [4.69, 9.17) is 10.5 Å². The lowest BCUT2D eigenvalue weighted by molar-refractivity contribution is -0.385. The van der Waals surface area contributed by atoms with Gasteiger partial charge < -0.3 is 10.5 Å². The predicted octanol–water partition coefficient (Wildman–Crippen LogP) is 3.86. The third-order valence-electron chi connectivity index (χ3n) is 6.73. The van der Waals surface area contributed by atoms with Gasteiger partial charge in [0.1, 0.15) is 5.75 Å². The fourth-order valence-corrected chi connectivity index (χ4v) is 5.21. The van der Waals surface area contributed by atoms with E-state index in [9.17, 15) is 19.7 Å². The second-order valence-corrected chi connectivity index (χ2v) is 8.70. The largest absolute Gasteiger partial charge is 0.494 e. The van der Waals surface area contributed by atoms with Crippen molar-refractivity contribution >= 4 is 17.9 Å². The molecule has 31 heavy (non-hydrogen) atoms. The maximum atomic E-state index is 12.2. The molecule has 8 nitrogen and oxygen atoms in total. The quantitative estimate of drug-likeness (QED) is 0.246. The lowest BCUT2D eigenvalue weighted by Gasteiger charge is -2.47. The average molecular weight is 432 g/mol. The minimum absolute atomic E-state index is 0.00866. The Kier molecular flexibility index (Phi) is 8.40. The predicted molar refractivity (Wildman–Crippen MR) is 117 cm³/mol. The first-order chi connectivity index (χ1) is 15.0. The number of benzene rings is 1. The summed E-state index contributed by atoms with van der Waals surface area (Å²) in [5.74, 6) is 0.949. The second-order valence-electron chi connectivity index (χ2n) is 8.70. The molecular formula is C23H33N3O5. The Morgan fingerprint density at radius 3 is 2.74 bits per heavy atom. The summed E-state index contributed by atoms with van der Waals surface area (Å²) in [5.41, 5.74) is 5.57. The van der Waals surface area contributed by atoms with Gasteiger partial charge in [-0.2, -0.15) is 0 Å². The number of primary amides is 1. The van der Waals surface area contributed by atoms with Gasteiger partial charge in [0, 0.05) is 12.1 Å². The molecule has 3 atom stereocenters. The van der Waals surface area contributed by atoms with Crippen molar-refractivity contribution in [3.63, 3.8) is 0 Å². The van der Waals surface area contributed by atoms with Crippen LogP contribution in [0.4, 0.5) is 5.69 Å². The van der Waals surface area contributed by atoms with Gasteiger partial charge in [0.05, 0.1) is 23.1 Å². The Morgan fingerprint density at radius 2 is 2.00 bits per heavy atom. The number of hydrogen-bond donors (Lipinski definition) is 1. The van der Waals surface area contributed by atoms with Gasteiger partial charge in [-0.1, -0.05) is 19.3 Å². The average Bonchev–Trinajstić information content (AvgIpc) is 2.77. The van der Waals surface area contributed by atoms with E-state index in [1.165, 1.54) is 50.3 Å². The monoisotopic (exact) mass is 431 g/mol. The van der Waals surface area contributed by atoms with Gasteiger partial charge in [0.2, 0.25) is 5.91 Å². The minimum Gasteiger partial charge on any atom is -0.494 e. The zero-order valence-corrected chi connectivity index (χ0v) is 18.0. The van der Waals surface area contributed by atoms with Crippen LogP contribution in [-0.4, -0.2) is 47.3 Å². The third-order valence-corrected chi connectivity index (χ3v) is 6.73. The van der Waals surface area contributed by atoms with Crippen LogP contribution in [-0.2, 0) is 4.79 Å². The molecule has 2 aliphatic rings. The van der Waals surface area contributed by atoms with Gasteiger partial charge in [0.25, 0.3) is 5.69 Å². The van der Waals surface area contributed by atoms with Gasteiger partial charge in [-0.3, -0.25) is 24.6 Å². The number of hydrogen-bond acceptors (Lipinski definition) is 6. The number of nitrogens with zero attached hydrogens (tertiary/aromatic N) is 2. The highest BCUT2D eigenvalue weighted by atomic mass is 16.6. The van der Waals surface area contributed by atoms with E-state index in [0.29, 0.717) is 24.7 Å². The summed E-state index contributed by atoms with van der Waals surface area (Å²) >= 11 is 0. The van der Waals surface area contributed by atoms with Crippen molar-refractivity contribution in [3.8, 4) is 5.75 Å². The first-order valence-corrected chi connectivity index (χ1v) is 11.4. The van der Waals surface area contributed by atoms with E-state index in [2.05, 4.69) is 4.90 Å². The summed E-state index contributed by atoms with van der Waals surface area (Å²) in [6.07, 6.45) is 11.3. The van der Waals surface area contributed by atoms with Gasteiger partial charge in [0.15, 0.2) is 6.29 Å². The second kappa shape index (κ2) is 11.2. The highest BCUT2D eigenvalue weighted by Gasteiger charge is 2.38.